The minimum absolute atomic E-state index is 0.405. The zero-order valence-corrected chi connectivity index (χ0v) is 6.31. The monoisotopic (exact) mass is 141 g/mol. The molecule has 1 unspecified atom stereocenters. The fraction of sp³-hybridized carbons (Fsp3) is 1.00. The minimum atomic E-state index is 0.405. The molecule has 1 saturated heterocycles. The zero-order valence-electron chi connectivity index (χ0n) is 6.31. The Balaban J connectivity index is 1.78. The third-order valence-electron chi connectivity index (χ3n) is 2.54. The molecule has 2 nitrogen and oxygen atoms in total. The standard InChI is InChI=1S/C8H15NO/c1-3-7(4-1)8-9-5-2-6-10-8/h7-9H,1-6H2. The molecule has 1 atom stereocenters. The summed E-state index contributed by atoms with van der Waals surface area (Å²) in [7, 11) is 0. The number of nitrogens with one attached hydrogen (secondary N) is 1. The van der Waals surface area contributed by atoms with Gasteiger partial charge in [0, 0.05) is 6.61 Å². The molecule has 2 rings (SSSR count). The van der Waals surface area contributed by atoms with Crippen LogP contribution in [-0.4, -0.2) is 19.4 Å². The highest BCUT2D eigenvalue weighted by atomic mass is 16.5. The molecule has 2 heteroatoms. The quantitative estimate of drug-likeness (QED) is 0.591. The number of ether oxygens (including phenoxy) is 1. The Morgan fingerprint density at radius 3 is 2.60 bits per heavy atom. The summed E-state index contributed by atoms with van der Waals surface area (Å²) in [6.07, 6.45) is 5.74. The zero-order chi connectivity index (χ0) is 6.81. The number of hydrogen-bond donors (Lipinski definition) is 1. The second-order valence-electron chi connectivity index (χ2n) is 3.29. The van der Waals surface area contributed by atoms with Crippen molar-refractivity contribution < 1.29 is 4.74 Å². The molecule has 0 aromatic rings. The lowest BCUT2D eigenvalue weighted by molar-refractivity contribution is -0.0568. The van der Waals surface area contributed by atoms with Crippen molar-refractivity contribution in [2.45, 2.75) is 31.9 Å². The molecule has 0 amide bonds. The van der Waals surface area contributed by atoms with Gasteiger partial charge in [0.15, 0.2) is 0 Å². The maximum atomic E-state index is 5.57. The number of hydrogen-bond acceptors (Lipinski definition) is 2. The Hall–Kier alpha value is -0.0800. The van der Waals surface area contributed by atoms with Crippen molar-refractivity contribution in [1.82, 2.24) is 5.32 Å². The van der Waals surface area contributed by atoms with Crippen molar-refractivity contribution in [1.29, 1.82) is 0 Å². The van der Waals surface area contributed by atoms with Gasteiger partial charge in [0.05, 0.1) is 0 Å². The van der Waals surface area contributed by atoms with Gasteiger partial charge in [-0.2, -0.15) is 0 Å². The van der Waals surface area contributed by atoms with Crippen LogP contribution < -0.4 is 5.32 Å². The Bertz CT molecular complexity index is 106. The highest BCUT2D eigenvalue weighted by Crippen LogP contribution is 2.30. The molecule has 2 aliphatic rings. The Morgan fingerprint density at radius 1 is 1.20 bits per heavy atom. The molecular weight excluding hydrogens is 126 g/mol. The average Bonchev–Trinajstić information content (AvgIpc) is 1.86. The first kappa shape index (κ1) is 6.62. The highest BCUT2D eigenvalue weighted by Gasteiger charge is 2.28. The smallest absolute Gasteiger partial charge is 0.110 e. The Labute approximate surface area is 61.9 Å². The lowest BCUT2D eigenvalue weighted by Gasteiger charge is -2.36. The fourth-order valence-electron chi connectivity index (χ4n) is 1.63. The van der Waals surface area contributed by atoms with Gasteiger partial charge in [-0.05, 0) is 31.7 Å². The second kappa shape index (κ2) is 2.89. The van der Waals surface area contributed by atoms with Crippen LogP contribution in [0, 0.1) is 5.92 Å². The summed E-state index contributed by atoms with van der Waals surface area (Å²) in [5, 5.41) is 3.40. The predicted molar refractivity (Wildman–Crippen MR) is 39.7 cm³/mol. The van der Waals surface area contributed by atoms with Gasteiger partial charge < -0.3 is 4.74 Å². The van der Waals surface area contributed by atoms with E-state index in [4.69, 9.17) is 4.74 Å². The molecule has 1 aliphatic heterocycles. The SMILES string of the molecule is C1CNC(C2CCC2)OC1. The molecule has 0 radical (unpaired) electrons. The van der Waals surface area contributed by atoms with Crippen LogP contribution in [0.5, 0.6) is 0 Å². The van der Waals surface area contributed by atoms with E-state index < -0.39 is 0 Å². The van der Waals surface area contributed by atoms with Crippen molar-refractivity contribution in [3.63, 3.8) is 0 Å². The second-order valence-corrected chi connectivity index (χ2v) is 3.29. The van der Waals surface area contributed by atoms with E-state index in [9.17, 15) is 0 Å². The van der Waals surface area contributed by atoms with Crippen molar-refractivity contribution in [2.75, 3.05) is 13.2 Å². The summed E-state index contributed by atoms with van der Waals surface area (Å²) >= 11 is 0. The molecule has 1 aliphatic carbocycles. The topological polar surface area (TPSA) is 21.3 Å². The van der Waals surface area contributed by atoms with E-state index in [0.717, 1.165) is 19.1 Å². The van der Waals surface area contributed by atoms with Crippen molar-refractivity contribution >= 4 is 0 Å². The van der Waals surface area contributed by atoms with E-state index in [1.165, 1.54) is 25.7 Å². The van der Waals surface area contributed by atoms with Gasteiger partial charge in [-0.1, -0.05) is 6.42 Å². The maximum absolute atomic E-state index is 5.57. The predicted octanol–water partition coefficient (Wildman–Crippen LogP) is 1.12. The number of rotatable bonds is 1. The molecule has 0 spiro atoms. The van der Waals surface area contributed by atoms with Crippen molar-refractivity contribution in [3.05, 3.63) is 0 Å². The minimum Gasteiger partial charge on any atom is -0.363 e. The van der Waals surface area contributed by atoms with Crippen molar-refractivity contribution in [3.8, 4) is 0 Å². The summed E-state index contributed by atoms with van der Waals surface area (Å²) < 4.78 is 5.57. The van der Waals surface area contributed by atoms with E-state index in [0.29, 0.717) is 6.23 Å². The van der Waals surface area contributed by atoms with Gasteiger partial charge in [-0.3, -0.25) is 5.32 Å². The van der Waals surface area contributed by atoms with Crippen LogP contribution in [0.15, 0.2) is 0 Å². The summed E-state index contributed by atoms with van der Waals surface area (Å²) in [6.45, 7) is 2.12. The molecule has 0 aromatic carbocycles. The Morgan fingerprint density at radius 2 is 2.10 bits per heavy atom. The van der Waals surface area contributed by atoms with Gasteiger partial charge in [0.1, 0.15) is 6.23 Å². The lowest BCUT2D eigenvalue weighted by Crippen LogP contribution is -2.45. The van der Waals surface area contributed by atoms with Crippen LogP contribution in [0.4, 0.5) is 0 Å². The maximum Gasteiger partial charge on any atom is 0.110 e. The first-order valence-electron chi connectivity index (χ1n) is 4.32. The summed E-state index contributed by atoms with van der Waals surface area (Å²) in [4.78, 5) is 0. The summed E-state index contributed by atoms with van der Waals surface area (Å²) in [5.74, 6) is 0.834. The highest BCUT2D eigenvalue weighted by molar-refractivity contribution is 4.78. The van der Waals surface area contributed by atoms with Gasteiger partial charge in [-0.25, -0.2) is 0 Å². The largest absolute Gasteiger partial charge is 0.363 e. The molecule has 58 valence electrons. The normalized spacial score (nSPS) is 35.4. The summed E-state index contributed by atoms with van der Waals surface area (Å²) in [6, 6.07) is 0. The van der Waals surface area contributed by atoms with Crippen LogP contribution in [0.25, 0.3) is 0 Å². The molecule has 0 bridgehead atoms. The third-order valence-corrected chi connectivity index (χ3v) is 2.54. The van der Waals surface area contributed by atoms with Gasteiger partial charge in [0.25, 0.3) is 0 Å². The van der Waals surface area contributed by atoms with Crippen LogP contribution in [0.3, 0.4) is 0 Å². The average molecular weight is 141 g/mol. The van der Waals surface area contributed by atoms with E-state index >= 15 is 0 Å². The molecule has 1 heterocycles. The van der Waals surface area contributed by atoms with Crippen molar-refractivity contribution in [2.24, 2.45) is 5.92 Å². The molecule has 2 fully saturated rings. The van der Waals surface area contributed by atoms with E-state index in [2.05, 4.69) is 5.32 Å². The van der Waals surface area contributed by atoms with Gasteiger partial charge in [0.2, 0.25) is 0 Å². The van der Waals surface area contributed by atoms with Crippen LogP contribution in [-0.2, 0) is 4.74 Å². The van der Waals surface area contributed by atoms with Gasteiger partial charge >= 0.3 is 0 Å². The van der Waals surface area contributed by atoms with E-state index in [-0.39, 0.29) is 0 Å². The van der Waals surface area contributed by atoms with Crippen LogP contribution in [0.1, 0.15) is 25.7 Å². The van der Waals surface area contributed by atoms with Crippen LogP contribution in [0.2, 0.25) is 0 Å². The van der Waals surface area contributed by atoms with Crippen LogP contribution >= 0.6 is 0 Å². The Kier molecular flexibility index (Phi) is 1.91. The third kappa shape index (κ3) is 1.18. The van der Waals surface area contributed by atoms with E-state index in [1.54, 1.807) is 0 Å². The molecule has 1 saturated carbocycles. The van der Waals surface area contributed by atoms with E-state index in [1.807, 2.05) is 0 Å². The molecular formula is C8H15NO. The molecule has 1 N–H and O–H groups in total. The molecule has 10 heavy (non-hydrogen) atoms. The van der Waals surface area contributed by atoms with Gasteiger partial charge in [-0.15, -0.1) is 0 Å². The first-order valence-corrected chi connectivity index (χ1v) is 4.32. The summed E-state index contributed by atoms with van der Waals surface area (Å²) in [5.41, 5.74) is 0. The lowest BCUT2D eigenvalue weighted by atomic mass is 9.83. The fourth-order valence-corrected chi connectivity index (χ4v) is 1.63. The molecule has 0 aromatic heterocycles. The first-order chi connectivity index (χ1) is 4.97.